The maximum absolute atomic E-state index is 13.0. The van der Waals surface area contributed by atoms with E-state index in [1.807, 2.05) is 30.3 Å². The van der Waals surface area contributed by atoms with Crippen LogP contribution in [0.15, 0.2) is 48.5 Å². The summed E-state index contributed by atoms with van der Waals surface area (Å²) >= 11 is 5.90. The first-order valence-electron chi connectivity index (χ1n) is 7.15. The Hall–Kier alpha value is -2.80. The van der Waals surface area contributed by atoms with Gasteiger partial charge >= 0.3 is 0 Å². The van der Waals surface area contributed by atoms with Crippen molar-refractivity contribution in [1.29, 1.82) is 0 Å². The number of halogens is 2. The number of rotatable bonds is 4. The van der Waals surface area contributed by atoms with Crippen molar-refractivity contribution in [2.75, 3.05) is 5.32 Å². The van der Waals surface area contributed by atoms with Crippen molar-refractivity contribution in [3.8, 4) is 11.4 Å². The lowest BCUT2D eigenvalue weighted by atomic mass is 10.2. The second-order valence-corrected chi connectivity index (χ2v) is 5.50. The first-order chi connectivity index (χ1) is 11.5. The highest BCUT2D eigenvalue weighted by Crippen LogP contribution is 2.23. The molecule has 1 unspecified atom stereocenters. The van der Waals surface area contributed by atoms with Crippen LogP contribution in [-0.2, 0) is 4.79 Å². The number of aromatic nitrogens is 4. The van der Waals surface area contributed by atoms with E-state index in [2.05, 4.69) is 20.7 Å². The van der Waals surface area contributed by atoms with Crippen LogP contribution >= 0.6 is 11.6 Å². The molecule has 0 aliphatic rings. The third kappa shape index (κ3) is 3.41. The normalized spacial score (nSPS) is 12.0. The summed E-state index contributed by atoms with van der Waals surface area (Å²) in [5.74, 6) is -0.438. The van der Waals surface area contributed by atoms with Gasteiger partial charge in [-0.15, -0.1) is 10.2 Å². The van der Waals surface area contributed by atoms with Crippen LogP contribution in [0.25, 0.3) is 11.4 Å². The van der Waals surface area contributed by atoms with Crippen LogP contribution in [0.5, 0.6) is 0 Å². The standard InChI is InChI=1S/C16H13ClFN5O/c1-10(16(24)19-14-8-7-12(18)9-13(14)17)23-21-15(20-22-23)11-5-3-2-4-6-11/h2-10H,1H3,(H,19,24). The Kier molecular flexibility index (Phi) is 4.52. The van der Waals surface area contributed by atoms with Crippen molar-refractivity contribution in [3.05, 3.63) is 59.4 Å². The summed E-state index contributed by atoms with van der Waals surface area (Å²) in [5, 5.41) is 14.8. The minimum absolute atomic E-state index is 0.118. The number of amides is 1. The zero-order valence-corrected chi connectivity index (χ0v) is 13.4. The molecule has 0 fully saturated rings. The molecule has 1 atom stereocenters. The summed E-state index contributed by atoms with van der Waals surface area (Å²) in [6.07, 6.45) is 0. The average Bonchev–Trinajstić information content (AvgIpc) is 3.07. The van der Waals surface area contributed by atoms with E-state index in [1.165, 1.54) is 16.9 Å². The second kappa shape index (κ2) is 6.76. The summed E-state index contributed by atoms with van der Waals surface area (Å²) in [4.78, 5) is 13.5. The quantitative estimate of drug-likeness (QED) is 0.787. The fraction of sp³-hybridized carbons (Fsp3) is 0.125. The van der Waals surface area contributed by atoms with Crippen LogP contribution < -0.4 is 5.32 Å². The molecule has 8 heteroatoms. The highest BCUT2D eigenvalue weighted by Gasteiger charge is 2.19. The zero-order chi connectivity index (χ0) is 17.1. The molecule has 1 amide bonds. The third-order valence-corrected chi connectivity index (χ3v) is 3.69. The van der Waals surface area contributed by atoms with Crippen molar-refractivity contribution in [2.24, 2.45) is 0 Å². The molecule has 24 heavy (non-hydrogen) atoms. The molecular weight excluding hydrogens is 333 g/mol. The van der Waals surface area contributed by atoms with E-state index in [0.717, 1.165) is 11.6 Å². The summed E-state index contributed by atoms with van der Waals surface area (Å²) < 4.78 is 13.0. The van der Waals surface area contributed by atoms with Crippen LogP contribution in [0.4, 0.5) is 10.1 Å². The smallest absolute Gasteiger partial charge is 0.250 e. The Morgan fingerprint density at radius 3 is 2.71 bits per heavy atom. The van der Waals surface area contributed by atoms with Gasteiger partial charge in [0, 0.05) is 5.56 Å². The second-order valence-electron chi connectivity index (χ2n) is 5.09. The molecule has 0 saturated carbocycles. The van der Waals surface area contributed by atoms with Gasteiger partial charge in [0.05, 0.1) is 10.7 Å². The molecule has 1 heterocycles. The van der Waals surface area contributed by atoms with E-state index in [-0.39, 0.29) is 10.9 Å². The van der Waals surface area contributed by atoms with E-state index in [4.69, 9.17) is 11.6 Å². The van der Waals surface area contributed by atoms with Crippen LogP contribution in [0.2, 0.25) is 5.02 Å². The summed E-state index contributed by atoms with van der Waals surface area (Å²) in [6, 6.07) is 12.3. The van der Waals surface area contributed by atoms with Gasteiger partial charge in [0.2, 0.25) is 5.82 Å². The van der Waals surface area contributed by atoms with E-state index < -0.39 is 11.9 Å². The number of hydrogen-bond donors (Lipinski definition) is 1. The number of benzene rings is 2. The van der Waals surface area contributed by atoms with Gasteiger partial charge in [-0.1, -0.05) is 41.9 Å². The fourth-order valence-electron chi connectivity index (χ4n) is 2.02. The van der Waals surface area contributed by atoms with E-state index >= 15 is 0 Å². The minimum Gasteiger partial charge on any atom is -0.323 e. The number of tetrazole rings is 1. The lowest BCUT2D eigenvalue weighted by molar-refractivity contribution is -0.119. The monoisotopic (exact) mass is 345 g/mol. The number of nitrogens with one attached hydrogen (secondary N) is 1. The van der Waals surface area contributed by atoms with Crippen LogP contribution in [0.1, 0.15) is 13.0 Å². The number of nitrogens with zero attached hydrogens (tertiary/aromatic N) is 4. The largest absolute Gasteiger partial charge is 0.323 e. The van der Waals surface area contributed by atoms with Gasteiger partial charge in [-0.3, -0.25) is 4.79 Å². The van der Waals surface area contributed by atoms with Gasteiger partial charge in [-0.05, 0) is 30.3 Å². The fourth-order valence-corrected chi connectivity index (χ4v) is 2.24. The molecule has 0 radical (unpaired) electrons. The first-order valence-corrected chi connectivity index (χ1v) is 7.53. The Morgan fingerprint density at radius 2 is 2.00 bits per heavy atom. The summed E-state index contributed by atoms with van der Waals surface area (Å²) in [6.45, 7) is 1.63. The molecule has 0 spiro atoms. The number of hydrogen-bond acceptors (Lipinski definition) is 4. The van der Waals surface area contributed by atoms with Gasteiger partial charge in [0.15, 0.2) is 0 Å². The van der Waals surface area contributed by atoms with Gasteiger partial charge < -0.3 is 5.32 Å². The minimum atomic E-state index is -0.712. The molecule has 2 aromatic carbocycles. The summed E-state index contributed by atoms with van der Waals surface area (Å²) in [5.41, 5.74) is 1.12. The predicted molar refractivity (Wildman–Crippen MR) is 88.0 cm³/mol. The molecule has 1 N–H and O–H groups in total. The molecule has 1 aromatic heterocycles. The Labute approximate surface area is 142 Å². The van der Waals surface area contributed by atoms with Gasteiger partial charge in [-0.25, -0.2) is 4.39 Å². The Balaban J connectivity index is 1.75. The van der Waals surface area contributed by atoms with Crippen molar-refractivity contribution < 1.29 is 9.18 Å². The zero-order valence-electron chi connectivity index (χ0n) is 12.6. The molecule has 3 aromatic rings. The van der Waals surface area contributed by atoms with Crippen LogP contribution in [-0.4, -0.2) is 26.1 Å². The highest BCUT2D eigenvalue weighted by atomic mass is 35.5. The molecule has 3 rings (SSSR count). The van der Waals surface area contributed by atoms with Crippen molar-refractivity contribution in [1.82, 2.24) is 20.2 Å². The van der Waals surface area contributed by atoms with Crippen LogP contribution in [0, 0.1) is 5.82 Å². The van der Waals surface area contributed by atoms with Crippen molar-refractivity contribution in [3.63, 3.8) is 0 Å². The molecule has 6 nitrogen and oxygen atoms in total. The average molecular weight is 346 g/mol. The SMILES string of the molecule is CC(C(=O)Nc1ccc(F)cc1Cl)n1nnc(-c2ccccc2)n1. The van der Waals surface area contributed by atoms with Gasteiger partial charge in [-0.2, -0.15) is 4.80 Å². The lowest BCUT2D eigenvalue weighted by Crippen LogP contribution is -2.25. The number of carbonyl (C=O) groups excluding carboxylic acids is 1. The van der Waals surface area contributed by atoms with E-state index in [0.29, 0.717) is 11.5 Å². The van der Waals surface area contributed by atoms with E-state index in [9.17, 15) is 9.18 Å². The van der Waals surface area contributed by atoms with E-state index in [1.54, 1.807) is 6.92 Å². The molecule has 0 bridgehead atoms. The molecule has 122 valence electrons. The van der Waals surface area contributed by atoms with Crippen molar-refractivity contribution >= 4 is 23.2 Å². The number of anilines is 1. The van der Waals surface area contributed by atoms with Gasteiger partial charge in [0.1, 0.15) is 11.9 Å². The molecule has 0 aliphatic carbocycles. The Morgan fingerprint density at radius 1 is 1.25 bits per heavy atom. The lowest BCUT2D eigenvalue weighted by Gasteiger charge is -2.11. The van der Waals surface area contributed by atoms with Crippen LogP contribution in [0.3, 0.4) is 0 Å². The van der Waals surface area contributed by atoms with Crippen molar-refractivity contribution in [2.45, 2.75) is 13.0 Å². The number of carbonyl (C=O) groups is 1. The molecular formula is C16H13ClFN5O. The maximum atomic E-state index is 13.0. The third-order valence-electron chi connectivity index (χ3n) is 3.38. The summed E-state index contributed by atoms with van der Waals surface area (Å²) in [7, 11) is 0. The first kappa shape index (κ1) is 16.1. The highest BCUT2D eigenvalue weighted by molar-refractivity contribution is 6.33. The predicted octanol–water partition coefficient (Wildman–Crippen LogP) is 3.33. The topological polar surface area (TPSA) is 72.7 Å². The Bertz CT molecular complexity index is 868. The maximum Gasteiger partial charge on any atom is 0.250 e. The molecule has 0 saturated heterocycles. The molecule has 0 aliphatic heterocycles. The van der Waals surface area contributed by atoms with Gasteiger partial charge in [0.25, 0.3) is 5.91 Å².